The van der Waals surface area contributed by atoms with Gasteiger partial charge >= 0.3 is 0 Å². The molecule has 4 aromatic carbocycles. The second-order valence-corrected chi connectivity index (χ2v) is 9.36. The SMILES string of the molecule is COc1ccc(S(=O)(=O)Nc2ccc(Oc3ccccc3)cc2)cc1NC(=O)c1ccccc1C. The molecule has 0 heterocycles. The number of carbonyl (C=O) groups is 1. The minimum absolute atomic E-state index is 0.0250. The quantitative estimate of drug-likeness (QED) is 0.325. The minimum Gasteiger partial charge on any atom is -0.495 e. The average molecular weight is 489 g/mol. The summed E-state index contributed by atoms with van der Waals surface area (Å²) in [4.78, 5) is 12.7. The number of sulfonamides is 1. The number of hydrogen-bond acceptors (Lipinski definition) is 5. The molecule has 1 amide bonds. The summed E-state index contributed by atoms with van der Waals surface area (Å²) in [7, 11) is -2.49. The standard InChI is InChI=1S/C27H24N2O5S/c1-19-8-6-7-11-24(19)27(30)28-25-18-23(16-17-26(25)33-2)35(31,32)29-20-12-14-22(15-13-20)34-21-9-4-3-5-10-21/h3-18,29H,1-2H3,(H,28,30). The molecule has 0 aromatic heterocycles. The molecule has 0 unspecified atom stereocenters. The van der Waals surface area contributed by atoms with Crippen LogP contribution in [0.1, 0.15) is 15.9 Å². The number of anilines is 2. The molecule has 0 fully saturated rings. The van der Waals surface area contributed by atoms with E-state index in [1.165, 1.54) is 25.3 Å². The van der Waals surface area contributed by atoms with E-state index in [-0.39, 0.29) is 16.5 Å². The first-order valence-electron chi connectivity index (χ1n) is 10.8. The fourth-order valence-corrected chi connectivity index (χ4v) is 4.48. The lowest BCUT2D eigenvalue weighted by Crippen LogP contribution is -2.16. The van der Waals surface area contributed by atoms with Crippen LogP contribution < -0.4 is 19.5 Å². The van der Waals surface area contributed by atoms with Crippen molar-refractivity contribution in [3.05, 3.63) is 108 Å². The van der Waals surface area contributed by atoms with E-state index in [0.29, 0.717) is 28.5 Å². The Morgan fingerprint density at radius 3 is 2.14 bits per heavy atom. The molecular weight excluding hydrogens is 464 g/mol. The lowest BCUT2D eigenvalue weighted by Gasteiger charge is -2.14. The maximum absolute atomic E-state index is 13.0. The van der Waals surface area contributed by atoms with Crippen LogP contribution in [-0.4, -0.2) is 21.4 Å². The normalized spacial score (nSPS) is 10.9. The molecule has 35 heavy (non-hydrogen) atoms. The summed E-state index contributed by atoms with van der Waals surface area (Å²) in [6.45, 7) is 1.83. The average Bonchev–Trinajstić information content (AvgIpc) is 2.86. The molecule has 4 aromatic rings. The van der Waals surface area contributed by atoms with Crippen molar-refractivity contribution in [3.63, 3.8) is 0 Å². The first kappa shape index (κ1) is 23.8. The fourth-order valence-electron chi connectivity index (χ4n) is 3.40. The maximum atomic E-state index is 13.0. The van der Waals surface area contributed by atoms with E-state index < -0.39 is 10.0 Å². The van der Waals surface area contributed by atoms with E-state index in [1.807, 2.05) is 49.4 Å². The predicted molar refractivity (Wildman–Crippen MR) is 136 cm³/mol. The third kappa shape index (κ3) is 5.80. The third-order valence-corrected chi connectivity index (χ3v) is 6.58. The number of rotatable bonds is 8. The van der Waals surface area contributed by atoms with Gasteiger partial charge in [0.2, 0.25) is 0 Å². The van der Waals surface area contributed by atoms with Crippen molar-refractivity contribution in [1.29, 1.82) is 0 Å². The fraction of sp³-hybridized carbons (Fsp3) is 0.0741. The van der Waals surface area contributed by atoms with Gasteiger partial charge in [-0.3, -0.25) is 9.52 Å². The zero-order valence-electron chi connectivity index (χ0n) is 19.2. The number of ether oxygens (including phenoxy) is 2. The van der Waals surface area contributed by atoms with Crippen LogP contribution in [0.3, 0.4) is 0 Å². The smallest absolute Gasteiger partial charge is 0.261 e. The summed E-state index contributed by atoms with van der Waals surface area (Å²) in [6.07, 6.45) is 0. The molecule has 8 heteroatoms. The lowest BCUT2D eigenvalue weighted by molar-refractivity contribution is 0.102. The summed E-state index contributed by atoms with van der Waals surface area (Å²) in [6, 6.07) is 27.3. The Morgan fingerprint density at radius 2 is 1.46 bits per heavy atom. The van der Waals surface area contributed by atoms with Crippen LogP contribution in [0.5, 0.6) is 17.2 Å². The Balaban J connectivity index is 1.52. The van der Waals surface area contributed by atoms with E-state index in [0.717, 1.165) is 5.56 Å². The van der Waals surface area contributed by atoms with Gasteiger partial charge in [0, 0.05) is 11.3 Å². The first-order chi connectivity index (χ1) is 16.9. The van der Waals surface area contributed by atoms with Gasteiger partial charge in [0.05, 0.1) is 17.7 Å². The molecule has 0 radical (unpaired) electrons. The van der Waals surface area contributed by atoms with Gasteiger partial charge in [-0.25, -0.2) is 8.42 Å². The van der Waals surface area contributed by atoms with Crippen LogP contribution in [0.15, 0.2) is 102 Å². The van der Waals surface area contributed by atoms with Crippen molar-refractivity contribution in [2.75, 3.05) is 17.1 Å². The largest absolute Gasteiger partial charge is 0.495 e. The van der Waals surface area contributed by atoms with Crippen LogP contribution in [-0.2, 0) is 10.0 Å². The number of para-hydroxylation sites is 1. The Bertz CT molecular complexity index is 1440. The number of hydrogen-bond donors (Lipinski definition) is 2. The van der Waals surface area contributed by atoms with Gasteiger partial charge in [0.1, 0.15) is 17.2 Å². The minimum atomic E-state index is -3.94. The Labute approximate surface area is 204 Å². The van der Waals surface area contributed by atoms with Crippen molar-refractivity contribution < 1.29 is 22.7 Å². The molecule has 0 spiro atoms. The molecule has 0 saturated heterocycles. The van der Waals surface area contributed by atoms with Crippen molar-refractivity contribution >= 4 is 27.3 Å². The molecule has 4 rings (SSSR count). The first-order valence-corrected chi connectivity index (χ1v) is 12.2. The van der Waals surface area contributed by atoms with Crippen molar-refractivity contribution in [2.24, 2.45) is 0 Å². The van der Waals surface area contributed by atoms with Crippen LogP contribution in [0.4, 0.5) is 11.4 Å². The van der Waals surface area contributed by atoms with Crippen molar-refractivity contribution in [2.45, 2.75) is 11.8 Å². The number of carbonyl (C=O) groups excluding carboxylic acids is 1. The van der Waals surface area contributed by atoms with E-state index in [1.54, 1.807) is 36.4 Å². The highest BCUT2D eigenvalue weighted by Crippen LogP contribution is 2.30. The molecule has 0 atom stereocenters. The summed E-state index contributed by atoms with van der Waals surface area (Å²) < 4.78 is 39.7. The number of nitrogens with one attached hydrogen (secondary N) is 2. The molecular formula is C27H24N2O5S. The number of methoxy groups -OCH3 is 1. The number of amides is 1. The molecule has 0 saturated carbocycles. The van der Waals surface area contributed by atoms with Crippen LogP contribution in [0, 0.1) is 6.92 Å². The van der Waals surface area contributed by atoms with Crippen LogP contribution >= 0.6 is 0 Å². The van der Waals surface area contributed by atoms with Gasteiger partial charge in [0.15, 0.2) is 0 Å². The predicted octanol–water partition coefficient (Wildman–Crippen LogP) is 5.85. The van der Waals surface area contributed by atoms with Gasteiger partial charge in [-0.2, -0.15) is 0 Å². The molecule has 0 aliphatic carbocycles. The Morgan fingerprint density at radius 1 is 0.800 bits per heavy atom. The van der Waals surface area contributed by atoms with Gasteiger partial charge in [0.25, 0.3) is 15.9 Å². The van der Waals surface area contributed by atoms with E-state index in [2.05, 4.69) is 10.0 Å². The Hall–Kier alpha value is -4.30. The van der Waals surface area contributed by atoms with E-state index in [4.69, 9.17) is 9.47 Å². The zero-order chi connectivity index (χ0) is 24.8. The van der Waals surface area contributed by atoms with E-state index >= 15 is 0 Å². The van der Waals surface area contributed by atoms with Gasteiger partial charge in [-0.05, 0) is 73.2 Å². The molecule has 0 aliphatic heterocycles. The highest BCUT2D eigenvalue weighted by atomic mass is 32.2. The molecule has 7 nitrogen and oxygen atoms in total. The van der Waals surface area contributed by atoms with Gasteiger partial charge in [-0.15, -0.1) is 0 Å². The lowest BCUT2D eigenvalue weighted by atomic mass is 10.1. The highest BCUT2D eigenvalue weighted by Gasteiger charge is 2.19. The summed E-state index contributed by atoms with van der Waals surface area (Å²) in [5.74, 6) is 1.23. The highest BCUT2D eigenvalue weighted by molar-refractivity contribution is 7.92. The summed E-state index contributed by atoms with van der Waals surface area (Å²) >= 11 is 0. The summed E-state index contributed by atoms with van der Waals surface area (Å²) in [5, 5.41) is 2.75. The summed E-state index contributed by atoms with van der Waals surface area (Å²) in [5.41, 5.74) is 1.90. The van der Waals surface area contributed by atoms with Crippen molar-refractivity contribution in [3.8, 4) is 17.2 Å². The second-order valence-electron chi connectivity index (χ2n) is 7.68. The maximum Gasteiger partial charge on any atom is 0.261 e. The molecule has 0 bridgehead atoms. The third-order valence-electron chi connectivity index (χ3n) is 5.20. The number of benzene rings is 4. The van der Waals surface area contributed by atoms with Crippen LogP contribution in [0.25, 0.3) is 0 Å². The van der Waals surface area contributed by atoms with Gasteiger partial charge in [-0.1, -0.05) is 36.4 Å². The second kappa shape index (κ2) is 10.3. The molecule has 0 aliphatic rings. The topological polar surface area (TPSA) is 93.7 Å². The van der Waals surface area contributed by atoms with Crippen molar-refractivity contribution in [1.82, 2.24) is 0 Å². The van der Waals surface area contributed by atoms with E-state index in [9.17, 15) is 13.2 Å². The Kier molecular flexibility index (Phi) is 7.03. The molecule has 178 valence electrons. The monoisotopic (exact) mass is 488 g/mol. The van der Waals surface area contributed by atoms with Gasteiger partial charge < -0.3 is 14.8 Å². The zero-order valence-corrected chi connectivity index (χ0v) is 20.0. The molecule has 2 N–H and O–H groups in total. The van der Waals surface area contributed by atoms with Crippen LogP contribution in [0.2, 0.25) is 0 Å². The number of aryl methyl sites for hydroxylation is 1.